The van der Waals surface area contributed by atoms with E-state index in [0.717, 1.165) is 10.6 Å². The minimum Gasteiger partial charge on any atom is -0.224 e. The molecule has 1 radical (unpaired) electrons. The van der Waals surface area contributed by atoms with E-state index in [-0.39, 0.29) is 0 Å². The standard InChI is InChI=1S/C6H7ClNO/c7-4-6-2-1-3-8(9)5-6/h1-2,5H,3-4H2. The van der Waals surface area contributed by atoms with Crippen molar-refractivity contribution in [2.24, 2.45) is 0 Å². The van der Waals surface area contributed by atoms with Crippen LogP contribution in [0.5, 0.6) is 0 Å². The average molecular weight is 145 g/mol. The lowest BCUT2D eigenvalue weighted by atomic mass is 10.2. The van der Waals surface area contributed by atoms with Gasteiger partial charge in [-0.1, -0.05) is 17.4 Å². The number of rotatable bonds is 1. The normalized spacial score (nSPS) is 18.0. The van der Waals surface area contributed by atoms with Crippen molar-refractivity contribution in [1.82, 2.24) is 5.06 Å². The fourth-order valence-electron chi connectivity index (χ4n) is 0.668. The molecule has 1 heterocycles. The van der Waals surface area contributed by atoms with Gasteiger partial charge in [0, 0.05) is 12.1 Å². The van der Waals surface area contributed by atoms with Crippen LogP contribution in [-0.4, -0.2) is 17.5 Å². The summed E-state index contributed by atoms with van der Waals surface area (Å²) in [4.78, 5) is 0. The lowest BCUT2D eigenvalue weighted by Gasteiger charge is -2.10. The molecule has 0 spiro atoms. The Bertz CT molecular complexity index is 153. The van der Waals surface area contributed by atoms with E-state index in [0.29, 0.717) is 12.4 Å². The van der Waals surface area contributed by atoms with Crippen LogP contribution in [0.3, 0.4) is 0 Å². The highest BCUT2D eigenvalue weighted by Crippen LogP contribution is 2.06. The molecule has 0 aromatic heterocycles. The lowest BCUT2D eigenvalue weighted by molar-refractivity contribution is -0.105. The van der Waals surface area contributed by atoms with E-state index in [2.05, 4.69) is 0 Å². The van der Waals surface area contributed by atoms with Crippen LogP contribution in [-0.2, 0) is 5.21 Å². The third-order valence-electron chi connectivity index (χ3n) is 1.08. The first-order chi connectivity index (χ1) is 4.33. The van der Waals surface area contributed by atoms with Crippen LogP contribution < -0.4 is 0 Å². The zero-order chi connectivity index (χ0) is 6.69. The van der Waals surface area contributed by atoms with Gasteiger partial charge in [0.25, 0.3) is 0 Å². The molecule has 49 valence electrons. The maximum absolute atomic E-state index is 10.6. The molecule has 0 atom stereocenters. The molecule has 0 aromatic rings. The highest BCUT2D eigenvalue weighted by molar-refractivity contribution is 6.19. The zero-order valence-electron chi connectivity index (χ0n) is 4.88. The first kappa shape index (κ1) is 6.65. The smallest absolute Gasteiger partial charge is 0.0664 e. The van der Waals surface area contributed by atoms with E-state index in [1.54, 1.807) is 6.08 Å². The molecule has 1 aliphatic rings. The maximum atomic E-state index is 10.6. The number of allylic oxidation sites excluding steroid dienone is 2. The Kier molecular flexibility index (Phi) is 2.14. The number of halogens is 1. The Hall–Kier alpha value is -0.470. The van der Waals surface area contributed by atoms with Gasteiger partial charge in [-0.2, -0.15) is 0 Å². The van der Waals surface area contributed by atoms with Crippen LogP contribution in [0, 0.1) is 0 Å². The summed E-state index contributed by atoms with van der Waals surface area (Å²) < 4.78 is 0. The van der Waals surface area contributed by atoms with Crippen molar-refractivity contribution < 1.29 is 5.21 Å². The molecular formula is C6H7ClNO. The first-order valence-corrected chi connectivity index (χ1v) is 3.23. The maximum Gasteiger partial charge on any atom is 0.0664 e. The Morgan fingerprint density at radius 1 is 1.78 bits per heavy atom. The SMILES string of the molecule is [O]N1C=C(CCl)C=CC1. The highest BCUT2D eigenvalue weighted by Gasteiger charge is 2.00. The average Bonchev–Trinajstić information content (AvgIpc) is 1.88. The third-order valence-corrected chi connectivity index (χ3v) is 1.39. The fraction of sp³-hybridized carbons (Fsp3) is 0.333. The van der Waals surface area contributed by atoms with Crippen molar-refractivity contribution in [3.8, 4) is 0 Å². The van der Waals surface area contributed by atoms with E-state index in [4.69, 9.17) is 11.6 Å². The van der Waals surface area contributed by atoms with Gasteiger partial charge in [-0.25, -0.2) is 5.06 Å². The molecule has 0 fully saturated rings. The summed E-state index contributed by atoms with van der Waals surface area (Å²) in [5.74, 6) is 0.412. The van der Waals surface area contributed by atoms with Crippen LogP contribution in [0.15, 0.2) is 23.9 Å². The second-order valence-electron chi connectivity index (χ2n) is 1.84. The van der Waals surface area contributed by atoms with Gasteiger partial charge in [0.1, 0.15) is 0 Å². The second kappa shape index (κ2) is 2.90. The van der Waals surface area contributed by atoms with Crippen molar-refractivity contribution in [3.05, 3.63) is 23.9 Å². The predicted octanol–water partition coefficient (Wildman–Crippen LogP) is 1.33. The topological polar surface area (TPSA) is 23.1 Å². The molecule has 1 aliphatic heterocycles. The van der Waals surface area contributed by atoms with Crippen LogP contribution in [0.25, 0.3) is 0 Å². The van der Waals surface area contributed by atoms with Gasteiger partial charge in [-0.15, -0.1) is 11.6 Å². The summed E-state index contributed by atoms with van der Waals surface area (Å²) in [5, 5.41) is 11.4. The van der Waals surface area contributed by atoms with Crippen molar-refractivity contribution in [1.29, 1.82) is 0 Å². The minimum atomic E-state index is 0.412. The Labute approximate surface area is 59.0 Å². The first-order valence-electron chi connectivity index (χ1n) is 2.70. The van der Waals surface area contributed by atoms with Gasteiger partial charge in [-0.05, 0) is 5.57 Å². The number of nitrogens with zero attached hydrogens (tertiary/aromatic N) is 1. The monoisotopic (exact) mass is 144 g/mol. The Morgan fingerprint density at radius 2 is 2.56 bits per heavy atom. The molecule has 0 saturated heterocycles. The quantitative estimate of drug-likeness (QED) is 0.509. The number of hydroxylamine groups is 2. The van der Waals surface area contributed by atoms with E-state index in [1.165, 1.54) is 6.20 Å². The van der Waals surface area contributed by atoms with Crippen molar-refractivity contribution in [2.75, 3.05) is 12.4 Å². The largest absolute Gasteiger partial charge is 0.224 e. The lowest BCUT2D eigenvalue weighted by Crippen LogP contribution is -2.13. The van der Waals surface area contributed by atoms with Gasteiger partial charge >= 0.3 is 0 Å². The van der Waals surface area contributed by atoms with Gasteiger partial charge < -0.3 is 0 Å². The molecule has 2 nitrogen and oxygen atoms in total. The van der Waals surface area contributed by atoms with Gasteiger partial charge in [0.15, 0.2) is 0 Å². The molecule has 0 bridgehead atoms. The highest BCUT2D eigenvalue weighted by atomic mass is 35.5. The molecule has 1 rings (SSSR count). The van der Waals surface area contributed by atoms with E-state index in [9.17, 15) is 5.21 Å². The van der Waals surface area contributed by atoms with Gasteiger partial charge in [0.05, 0.1) is 6.54 Å². The summed E-state index contributed by atoms with van der Waals surface area (Å²) in [6, 6.07) is 0. The second-order valence-corrected chi connectivity index (χ2v) is 2.11. The minimum absolute atomic E-state index is 0.412. The van der Waals surface area contributed by atoms with Crippen LogP contribution in [0.1, 0.15) is 0 Å². The third kappa shape index (κ3) is 1.73. The zero-order valence-corrected chi connectivity index (χ0v) is 5.64. The van der Waals surface area contributed by atoms with Crippen LogP contribution in [0.2, 0.25) is 0 Å². The molecule has 0 unspecified atom stereocenters. The molecule has 0 saturated carbocycles. The summed E-state index contributed by atoms with van der Waals surface area (Å²) >= 11 is 5.46. The summed E-state index contributed by atoms with van der Waals surface area (Å²) in [7, 11) is 0. The molecule has 0 amide bonds. The van der Waals surface area contributed by atoms with E-state index < -0.39 is 0 Å². The molecule has 3 heteroatoms. The van der Waals surface area contributed by atoms with Crippen molar-refractivity contribution in [3.63, 3.8) is 0 Å². The molecule has 9 heavy (non-hydrogen) atoms. The fourth-order valence-corrected chi connectivity index (χ4v) is 0.826. The number of hydrogen-bond acceptors (Lipinski definition) is 1. The molecule has 0 aromatic carbocycles. The van der Waals surface area contributed by atoms with Crippen LogP contribution in [0.4, 0.5) is 0 Å². The summed E-state index contributed by atoms with van der Waals surface area (Å²) in [5.41, 5.74) is 0.873. The Morgan fingerprint density at radius 3 is 3.00 bits per heavy atom. The summed E-state index contributed by atoms with van der Waals surface area (Å²) in [6.45, 7) is 0.445. The van der Waals surface area contributed by atoms with E-state index in [1.807, 2.05) is 6.08 Å². The Balaban J connectivity index is 2.59. The van der Waals surface area contributed by atoms with Crippen molar-refractivity contribution in [2.45, 2.75) is 0 Å². The number of hydrogen-bond donors (Lipinski definition) is 0. The molecule has 0 N–H and O–H groups in total. The van der Waals surface area contributed by atoms with Crippen LogP contribution >= 0.6 is 11.6 Å². The van der Waals surface area contributed by atoms with Gasteiger partial charge in [-0.3, -0.25) is 0 Å². The van der Waals surface area contributed by atoms with Gasteiger partial charge in [0.2, 0.25) is 0 Å². The number of alkyl halides is 1. The molecular weight excluding hydrogens is 138 g/mol. The predicted molar refractivity (Wildman–Crippen MR) is 35.3 cm³/mol. The summed E-state index contributed by atoms with van der Waals surface area (Å²) in [6.07, 6.45) is 5.17. The van der Waals surface area contributed by atoms with E-state index >= 15 is 0 Å². The molecule has 0 aliphatic carbocycles. The van der Waals surface area contributed by atoms with Crippen molar-refractivity contribution >= 4 is 11.6 Å².